The van der Waals surface area contributed by atoms with Crippen LogP contribution in [-0.4, -0.2) is 28.8 Å². The van der Waals surface area contributed by atoms with Crippen molar-refractivity contribution in [2.24, 2.45) is 0 Å². The average molecular weight is 502 g/mol. The summed E-state index contributed by atoms with van der Waals surface area (Å²) in [6, 6.07) is 7.09. The molecule has 1 amide bonds. The van der Waals surface area contributed by atoms with Gasteiger partial charge in [-0.2, -0.15) is 0 Å². The van der Waals surface area contributed by atoms with Crippen molar-refractivity contribution in [3.05, 3.63) is 52.7 Å². The van der Waals surface area contributed by atoms with E-state index in [0.29, 0.717) is 21.7 Å². The van der Waals surface area contributed by atoms with Crippen LogP contribution in [0.3, 0.4) is 0 Å². The van der Waals surface area contributed by atoms with Crippen LogP contribution in [0.25, 0.3) is 22.0 Å². The number of ether oxygens (including phenoxy) is 1. The summed E-state index contributed by atoms with van der Waals surface area (Å²) in [7, 11) is 0. The van der Waals surface area contributed by atoms with Crippen molar-refractivity contribution in [1.82, 2.24) is 10.3 Å². The highest BCUT2D eigenvalue weighted by Gasteiger charge is 2.44. The molecule has 2 heterocycles. The molecule has 1 aromatic heterocycles. The van der Waals surface area contributed by atoms with Crippen LogP contribution < -0.4 is 10.6 Å². The monoisotopic (exact) mass is 501 g/mol. The Morgan fingerprint density at radius 1 is 1.14 bits per heavy atom. The van der Waals surface area contributed by atoms with E-state index < -0.39 is 29.4 Å². The number of H-pyrrole nitrogens is 1. The molecule has 2 atom stereocenters. The lowest BCUT2D eigenvalue weighted by Crippen LogP contribution is -2.53. The van der Waals surface area contributed by atoms with Crippen molar-refractivity contribution in [3.8, 4) is 11.1 Å². The average Bonchev–Trinajstić information content (AvgIpc) is 3.21. The first-order valence-electron chi connectivity index (χ1n) is 12.2. The Kier molecular flexibility index (Phi) is 6.16. The molecule has 0 radical (unpaired) electrons. The van der Waals surface area contributed by atoms with E-state index in [1.807, 2.05) is 26.8 Å². The van der Waals surface area contributed by atoms with Gasteiger partial charge in [-0.05, 0) is 38.3 Å². The van der Waals surface area contributed by atoms with Gasteiger partial charge in [-0.3, -0.25) is 0 Å². The second-order valence-corrected chi connectivity index (χ2v) is 10.7. The number of benzene rings is 2. The van der Waals surface area contributed by atoms with Crippen molar-refractivity contribution in [1.29, 1.82) is 0 Å². The second kappa shape index (κ2) is 9.01. The van der Waals surface area contributed by atoms with Gasteiger partial charge in [-0.25, -0.2) is 13.6 Å². The van der Waals surface area contributed by atoms with Crippen LogP contribution in [0.5, 0.6) is 0 Å². The fourth-order valence-electron chi connectivity index (χ4n) is 5.67. The van der Waals surface area contributed by atoms with Gasteiger partial charge in [0.15, 0.2) is 11.6 Å². The molecular formula is C27H30ClF2N3O2. The standard InChI is InChI=1S/C27H30ClF2N3O2/c1-14-18-12-19(16-10-7-11-17-20(28)13-31-23(16)17)21(29)22(30)24(18)33-27(2,3)25(14)35-26(34)32-15-8-5-4-6-9-15/h7,10-15,25,31,33H,4-6,8-9H2,1-3H3,(H,32,34)/t14-,25+/m0/s1. The van der Waals surface area contributed by atoms with E-state index in [0.717, 1.165) is 31.1 Å². The van der Waals surface area contributed by atoms with E-state index >= 15 is 8.78 Å². The third-order valence-corrected chi connectivity index (χ3v) is 7.77. The number of halogens is 3. The van der Waals surface area contributed by atoms with Crippen LogP contribution in [0.2, 0.25) is 5.02 Å². The predicted octanol–water partition coefficient (Wildman–Crippen LogP) is 7.50. The number of carbonyl (C=O) groups is 1. The van der Waals surface area contributed by atoms with Gasteiger partial charge in [-0.1, -0.05) is 56.0 Å². The molecule has 5 nitrogen and oxygen atoms in total. The van der Waals surface area contributed by atoms with Gasteiger partial charge >= 0.3 is 6.09 Å². The molecule has 2 aromatic carbocycles. The lowest BCUT2D eigenvalue weighted by atomic mass is 9.78. The Morgan fingerprint density at radius 3 is 2.63 bits per heavy atom. The van der Waals surface area contributed by atoms with Crippen molar-refractivity contribution in [2.45, 2.75) is 76.5 Å². The highest BCUT2D eigenvalue weighted by molar-refractivity contribution is 6.36. The molecule has 0 unspecified atom stereocenters. The molecule has 1 saturated carbocycles. The summed E-state index contributed by atoms with van der Waals surface area (Å²) in [4.78, 5) is 15.8. The van der Waals surface area contributed by atoms with E-state index in [-0.39, 0.29) is 23.2 Å². The highest BCUT2D eigenvalue weighted by atomic mass is 35.5. The van der Waals surface area contributed by atoms with E-state index in [1.54, 1.807) is 24.4 Å². The molecule has 186 valence electrons. The Bertz CT molecular complexity index is 1280. The largest absolute Gasteiger partial charge is 0.443 e. The van der Waals surface area contributed by atoms with Crippen molar-refractivity contribution >= 4 is 34.3 Å². The number of para-hydroxylation sites is 1. The molecule has 0 saturated heterocycles. The molecule has 1 fully saturated rings. The van der Waals surface area contributed by atoms with Gasteiger partial charge < -0.3 is 20.4 Å². The minimum atomic E-state index is -0.947. The van der Waals surface area contributed by atoms with Gasteiger partial charge in [0.2, 0.25) is 0 Å². The SMILES string of the molecule is C[C@H]1c2cc(-c3cccc4c(Cl)c[nH]c34)c(F)c(F)c2NC(C)(C)[C@@H]1OC(=O)NC1CCCCC1. The van der Waals surface area contributed by atoms with Crippen molar-refractivity contribution < 1.29 is 18.3 Å². The van der Waals surface area contributed by atoms with Gasteiger partial charge in [0, 0.05) is 34.7 Å². The molecule has 35 heavy (non-hydrogen) atoms. The van der Waals surface area contributed by atoms with Gasteiger partial charge in [0.1, 0.15) is 6.10 Å². The quantitative estimate of drug-likeness (QED) is 0.348. The van der Waals surface area contributed by atoms with Crippen LogP contribution in [0.1, 0.15) is 64.4 Å². The number of aromatic nitrogens is 1. The minimum absolute atomic E-state index is 0.105. The molecule has 1 aliphatic carbocycles. The smallest absolute Gasteiger partial charge is 0.407 e. The maximum atomic E-state index is 15.5. The fourth-order valence-corrected chi connectivity index (χ4v) is 5.88. The summed E-state index contributed by atoms with van der Waals surface area (Å²) < 4.78 is 36.8. The Labute approximate surface area is 208 Å². The first kappa shape index (κ1) is 23.9. The molecule has 1 aliphatic heterocycles. The zero-order chi connectivity index (χ0) is 24.9. The van der Waals surface area contributed by atoms with Crippen molar-refractivity contribution in [2.75, 3.05) is 5.32 Å². The lowest BCUT2D eigenvalue weighted by molar-refractivity contribution is 0.0444. The number of hydrogen-bond donors (Lipinski definition) is 3. The number of alkyl carbamates (subject to hydrolysis) is 1. The van der Waals surface area contributed by atoms with Crippen LogP contribution in [0.15, 0.2) is 30.5 Å². The maximum absolute atomic E-state index is 15.5. The third-order valence-electron chi connectivity index (χ3n) is 7.46. The molecule has 0 bridgehead atoms. The first-order valence-corrected chi connectivity index (χ1v) is 12.6. The highest BCUT2D eigenvalue weighted by Crippen LogP contribution is 2.45. The van der Waals surface area contributed by atoms with Crippen molar-refractivity contribution in [3.63, 3.8) is 0 Å². The molecule has 2 aliphatic rings. The van der Waals surface area contributed by atoms with Gasteiger partial charge in [0.05, 0.1) is 21.8 Å². The predicted molar refractivity (Wildman–Crippen MR) is 135 cm³/mol. The summed E-state index contributed by atoms with van der Waals surface area (Å²) in [6.07, 6.45) is 5.84. The van der Waals surface area contributed by atoms with Gasteiger partial charge in [-0.15, -0.1) is 0 Å². The van der Waals surface area contributed by atoms with Crippen LogP contribution >= 0.6 is 11.6 Å². The summed E-state index contributed by atoms with van der Waals surface area (Å²) in [5.41, 5.74) is 1.13. The number of aromatic amines is 1. The van der Waals surface area contributed by atoms with E-state index in [2.05, 4.69) is 15.6 Å². The molecule has 3 aromatic rings. The number of amides is 1. The van der Waals surface area contributed by atoms with E-state index in [1.165, 1.54) is 6.42 Å². The summed E-state index contributed by atoms with van der Waals surface area (Å²) >= 11 is 6.25. The fraction of sp³-hybridized carbons (Fsp3) is 0.444. The van der Waals surface area contributed by atoms with Crippen LogP contribution in [0.4, 0.5) is 19.3 Å². The first-order chi connectivity index (χ1) is 16.7. The molecule has 8 heteroatoms. The second-order valence-electron chi connectivity index (χ2n) is 10.3. The molecule has 5 rings (SSSR count). The topological polar surface area (TPSA) is 66.1 Å². The number of fused-ring (bicyclic) bond motifs is 2. The lowest BCUT2D eigenvalue weighted by Gasteiger charge is -2.44. The maximum Gasteiger partial charge on any atom is 0.407 e. The number of anilines is 1. The van der Waals surface area contributed by atoms with Gasteiger partial charge in [0.25, 0.3) is 0 Å². The minimum Gasteiger partial charge on any atom is -0.443 e. The Balaban J connectivity index is 1.51. The van der Waals surface area contributed by atoms with Crippen LogP contribution in [0, 0.1) is 11.6 Å². The van der Waals surface area contributed by atoms with Crippen LogP contribution in [-0.2, 0) is 4.74 Å². The zero-order valence-corrected chi connectivity index (χ0v) is 20.9. The molecular weight excluding hydrogens is 472 g/mol. The summed E-state index contributed by atoms with van der Waals surface area (Å²) in [5.74, 6) is -2.26. The molecule has 0 spiro atoms. The number of rotatable bonds is 3. The summed E-state index contributed by atoms with van der Waals surface area (Å²) in [6.45, 7) is 5.54. The molecule has 3 N–H and O–H groups in total. The summed E-state index contributed by atoms with van der Waals surface area (Å²) in [5, 5.41) is 7.34. The Hall–Kier alpha value is -2.80. The number of hydrogen-bond acceptors (Lipinski definition) is 3. The normalized spacial score (nSPS) is 21.9. The number of carbonyl (C=O) groups excluding carboxylic acids is 1. The zero-order valence-electron chi connectivity index (χ0n) is 20.1. The van der Waals surface area contributed by atoms with E-state index in [9.17, 15) is 4.79 Å². The number of nitrogens with one attached hydrogen (secondary N) is 3. The van der Waals surface area contributed by atoms with E-state index in [4.69, 9.17) is 16.3 Å². The third kappa shape index (κ3) is 4.24. The Morgan fingerprint density at radius 2 is 1.89 bits per heavy atom.